The Morgan fingerprint density at radius 1 is 1.50 bits per heavy atom. The van der Waals surface area contributed by atoms with E-state index < -0.39 is 35.6 Å². The molecule has 2 aromatic heterocycles. The molecule has 2 aromatic rings. The first-order valence-corrected chi connectivity index (χ1v) is 7.46. The predicted octanol–water partition coefficient (Wildman–Crippen LogP) is -1.46. The minimum Gasteiger partial charge on any atom is -0.394 e. The van der Waals surface area contributed by atoms with Crippen LogP contribution in [0.3, 0.4) is 0 Å². The Bertz CT molecular complexity index is 897. The molecule has 1 fully saturated rings. The first-order valence-electron chi connectivity index (χ1n) is 7.46. The van der Waals surface area contributed by atoms with E-state index in [0.717, 1.165) is 4.57 Å². The molecular formula is C14H19N5O5. The van der Waals surface area contributed by atoms with Crippen LogP contribution in [-0.2, 0) is 11.3 Å². The average Bonchev–Trinajstić information content (AvgIpc) is 2.96. The van der Waals surface area contributed by atoms with Crippen molar-refractivity contribution >= 4 is 17.1 Å². The Morgan fingerprint density at radius 3 is 2.79 bits per heavy atom. The molecule has 0 amide bonds. The normalized spacial score (nSPS) is 27.0. The number of nitrogens with zero attached hydrogens (tertiary/aromatic N) is 3. The van der Waals surface area contributed by atoms with Crippen LogP contribution in [-0.4, -0.2) is 48.1 Å². The highest BCUT2D eigenvalue weighted by Crippen LogP contribution is 2.34. The van der Waals surface area contributed by atoms with Crippen LogP contribution in [0, 0.1) is 5.92 Å². The van der Waals surface area contributed by atoms with Gasteiger partial charge in [-0.3, -0.25) is 14.3 Å². The summed E-state index contributed by atoms with van der Waals surface area (Å²) in [5, 5.41) is 19.8. The third-order valence-corrected chi connectivity index (χ3v) is 4.31. The van der Waals surface area contributed by atoms with Gasteiger partial charge in [0, 0.05) is 12.5 Å². The van der Waals surface area contributed by atoms with Crippen molar-refractivity contribution in [1.29, 1.82) is 0 Å². The standard InChI is InChI=1S/C14H19N5O5/c1-3-4-18-8-10(16-13(15)17-11(8)22)19(14(18)23)12-9(21)6(2)7(5-20)24-12/h3,6-7,9,12,20-21H,1,4-5H2,2H3,(H3,15,16,17,22)/t6-,7+,9+,12+/m0/s1. The Labute approximate surface area is 135 Å². The van der Waals surface area contributed by atoms with Gasteiger partial charge in [0.25, 0.3) is 5.56 Å². The van der Waals surface area contributed by atoms with Crippen LogP contribution in [0.4, 0.5) is 5.95 Å². The Balaban J connectivity index is 2.29. The van der Waals surface area contributed by atoms with Crippen LogP contribution < -0.4 is 17.0 Å². The highest BCUT2D eigenvalue weighted by molar-refractivity contribution is 5.71. The van der Waals surface area contributed by atoms with E-state index in [1.807, 2.05) is 0 Å². The van der Waals surface area contributed by atoms with Crippen LogP contribution in [0.5, 0.6) is 0 Å². The summed E-state index contributed by atoms with van der Waals surface area (Å²) in [4.78, 5) is 31.4. The molecule has 1 aliphatic rings. The maximum Gasteiger partial charge on any atom is 0.333 e. The Kier molecular flexibility index (Phi) is 4.03. The molecule has 10 heteroatoms. The van der Waals surface area contributed by atoms with Gasteiger partial charge in [0.2, 0.25) is 5.95 Å². The molecule has 0 bridgehead atoms. The molecular weight excluding hydrogens is 318 g/mol. The lowest BCUT2D eigenvalue weighted by Crippen LogP contribution is -2.33. The third-order valence-electron chi connectivity index (χ3n) is 4.31. The van der Waals surface area contributed by atoms with E-state index in [4.69, 9.17) is 10.5 Å². The molecule has 0 aromatic carbocycles. The number of imidazole rings is 1. The smallest absolute Gasteiger partial charge is 0.333 e. The van der Waals surface area contributed by atoms with Crippen molar-refractivity contribution in [2.45, 2.75) is 31.9 Å². The number of aliphatic hydroxyl groups excluding tert-OH is 2. The number of nitrogens with two attached hydrogens (primary N) is 1. The summed E-state index contributed by atoms with van der Waals surface area (Å²) in [6.45, 7) is 5.05. The third kappa shape index (κ3) is 2.27. The topological polar surface area (TPSA) is 148 Å². The van der Waals surface area contributed by atoms with Crippen molar-refractivity contribution in [1.82, 2.24) is 19.1 Å². The number of hydrogen-bond acceptors (Lipinski definition) is 7. The van der Waals surface area contributed by atoms with Gasteiger partial charge in [-0.15, -0.1) is 6.58 Å². The van der Waals surface area contributed by atoms with Gasteiger partial charge in [0.1, 0.15) is 6.10 Å². The summed E-state index contributed by atoms with van der Waals surface area (Å²) in [5.41, 5.74) is 4.46. The number of aromatic amines is 1. The van der Waals surface area contributed by atoms with Crippen LogP contribution in [0.2, 0.25) is 0 Å². The number of rotatable bonds is 4. The molecule has 4 atom stereocenters. The number of aromatic nitrogens is 4. The van der Waals surface area contributed by atoms with Crippen LogP contribution in [0.15, 0.2) is 22.2 Å². The fourth-order valence-corrected chi connectivity index (χ4v) is 3.01. The molecule has 10 nitrogen and oxygen atoms in total. The van der Waals surface area contributed by atoms with E-state index in [-0.39, 0.29) is 30.3 Å². The number of ether oxygens (including phenoxy) is 1. The van der Waals surface area contributed by atoms with Crippen molar-refractivity contribution in [3.8, 4) is 0 Å². The zero-order valence-electron chi connectivity index (χ0n) is 13.0. The van der Waals surface area contributed by atoms with Gasteiger partial charge in [-0.25, -0.2) is 9.36 Å². The van der Waals surface area contributed by atoms with Crippen molar-refractivity contribution in [2.24, 2.45) is 5.92 Å². The zero-order valence-corrected chi connectivity index (χ0v) is 13.0. The van der Waals surface area contributed by atoms with Crippen LogP contribution in [0.25, 0.3) is 11.2 Å². The van der Waals surface area contributed by atoms with Gasteiger partial charge < -0.3 is 20.7 Å². The van der Waals surface area contributed by atoms with E-state index in [1.54, 1.807) is 6.92 Å². The van der Waals surface area contributed by atoms with E-state index in [9.17, 15) is 19.8 Å². The summed E-state index contributed by atoms with van der Waals surface area (Å²) in [6, 6.07) is 0. The number of nitrogens with one attached hydrogen (secondary N) is 1. The van der Waals surface area contributed by atoms with Crippen molar-refractivity contribution in [3.05, 3.63) is 33.5 Å². The van der Waals surface area contributed by atoms with Crippen LogP contribution in [0.1, 0.15) is 13.2 Å². The lowest BCUT2D eigenvalue weighted by atomic mass is 10.0. The number of allylic oxidation sites excluding steroid dienone is 1. The van der Waals surface area contributed by atoms with E-state index in [2.05, 4.69) is 16.5 Å². The van der Waals surface area contributed by atoms with Gasteiger partial charge in [-0.1, -0.05) is 13.0 Å². The van der Waals surface area contributed by atoms with Crippen molar-refractivity contribution in [2.75, 3.05) is 12.3 Å². The number of nitrogen functional groups attached to an aromatic ring is 1. The number of aliphatic hydroxyl groups is 2. The minimum atomic E-state index is -1.08. The number of hydrogen-bond donors (Lipinski definition) is 4. The monoisotopic (exact) mass is 337 g/mol. The van der Waals surface area contributed by atoms with Gasteiger partial charge in [0.15, 0.2) is 17.4 Å². The molecule has 0 radical (unpaired) electrons. The highest BCUT2D eigenvalue weighted by Gasteiger charge is 2.43. The molecule has 1 saturated heterocycles. The minimum absolute atomic E-state index is 0.0120. The fourth-order valence-electron chi connectivity index (χ4n) is 3.01. The van der Waals surface area contributed by atoms with Gasteiger partial charge in [-0.2, -0.15) is 4.98 Å². The predicted molar refractivity (Wildman–Crippen MR) is 85.4 cm³/mol. The first kappa shape index (κ1) is 16.4. The number of fused-ring (bicyclic) bond motifs is 1. The second kappa shape index (κ2) is 5.89. The molecule has 3 rings (SSSR count). The number of H-pyrrole nitrogens is 1. The SMILES string of the molecule is C=CCn1c(=O)n([C@@H]2O[C@H](CO)[C@H](C)[C@H]2O)c2nc(N)[nH]c(=O)c21. The summed E-state index contributed by atoms with van der Waals surface area (Å²) in [5.74, 6) is -0.555. The zero-order chi connectivity index (χ0) is 17.6. The molecule has 0 spiro atoms. The van der Waals surface area contributed by atoms with Crippen molar-refractivity contribution < 1.29 is 14.9 Å². The molecule has 3 heterocycles. The lowest BCUT2D eigenvalue weighted by molar-refractivity contribution is -0.0510. The Hall–Kier alpha value is -2.43. The quantitative estimate of drug-likeness (QED) is 0.498. The second-order valence-electron chi connectivity index (χ2n) is 5.77. The molecule has 24 heavy (non-hydrogen) atoms. The summed E-state index contributed by atoms with van der Waals surface area (Å²) in [7, 11) is 0. The number of anilines is 1. The van der Waals surface area contributed by atoms with E-state index in [1.165, 1.54) is 10.6 Å². The van der Waals surface area contributed by atoms with Gasteiger partial charge in [0.05, 0.1) is 12.7 Å². The van der Waals surface area contributed by atoms with Crippen LogP contribution >= 0.6 is 0 Å². The molecule has 5 N–H and O–H groups in total. The maximum atomic E-state index is 12.8. The summed E-state index contributed by atoms with van der Waals surface area (Å²) in [6.07, 6.45) is -1.29. The highest BCUT2D eigenvalue weighted by atomic mass is 16.5. The Morgan fingerprint density at radius 2 is 2.21 bits per heavy atom. The summed E-state index contributed by atoms with van der Waals surface area (Å²) >= 11 is 0. The maximum absolute atomic E-state index is 12.8. The van der Waals surface area contributed by atoms with E-state index >= 15 is 0 Å². The van der Waals surface area contributed by atoms with E-state index in [0.29, 0.717) is 0 Å². The molecule has 0 saturated carbocycles. The summed E-state index contributed by atoms with van der Waals surface area (Å²) < 4.78 is 7.89. The molecule has 130 valence electrons. The average molecular weight is 337 g/mol. The lowest BCUT2D eigenvalue weighted by Gasteiger charge is -2.16. The molecule has 0 aliphatic carbocycles. The first-order chi connectivity index (χ1) is 11.4. The largest absolute Gasteiger partial charge is 0.394 e. The van der Waals surface area contributed by atoms with Crippen molar-refractivity contribution in [3.63, 3.8) is 0 Å². The van der Waals surface area contributed by atoms with Gasteiger partial charge in [-0.05, 0) is 0 Å². The fraction of sp³-hybridized carbons (Fsp3) is 0.500. The van der Waals surface area contributed by atoms with Gasteiger partial charge >= 0.3 is 5.69 Å². The molecule has 1 aliphatic heterocycles. The second-order valence-corrected chi connectivity index (χ2v) is 5.77. The molecule has 0 unspecified atom stereocenters.